The molecule has 0 saturated carbocycles. The Balaban J connectivity index is 1.42. The Hall–Kier alpha value is -2.82. The predicted molar refractivity (Wildman–Crippen MR) is 121 cm³/mol. The second-order valence-corrected chi connectivity index (χ2v) is 8.83. The molecule has 0 radical (unpaired) electrons. The molecule has 0 N–H and O–H groups in total. The molecule has 5 rings (SSSR count). The van der Waals surface area contributed by atoms with Gasteiger partial charge >= 0.3 is 0 Å². The Bertz CT molecular complexity index is 1090. The lowest BCUT2D eigenvalue weighted by Gasteiger charge is -2.33. The number of nitrogens with zero attached hydrogens (tertiary/aromatic N) is 3. The van der Waals surface area contributed by atoms with Crippen LogP contribution >= 0.6 is 0 Å². The first-order valence-corrected chi connectivity index (χ1v) is 11.5. The standard InChI is InChI=1S/C25H29N3O4/c1-17-23(29)13-24(32-16-21-15-30-10-11-31-21)28-9-6-19-12-20(2-3-22(19)25(17)28)27-7-4-18(14-26)5-8-27/h2-3,12-13,18,21H,4-11,15-16H2,1H3/t21-/m0/s1. The number of ether oxygens (including phenoxy) is 3. The highest BCUT2D eigenvalue weighted by Gasteiger charge is 2.25. The van der Waals surface area contributed by atoms with Gasteiger partial charge in [0.15, 0.2) is 11.3 Å². The van der Waals surface area contributed by atoms with E-state index in [1.54, 1.807) is 6.07 Å². The van der Waals surface area contributed by atoms with Gasteiger partial charge in [0.05, 0.1) is 31.6 Å². The van der Waals surface area contributed by atoms with Crippen LogP contribution in [-0.4, -0.2) is 50.2 Å². The smallest absolute Gasteiger partial charge is 0.197 e. The number of benzene rings is 1. The highest BCUT2D eigenvalue weighted by Crippen LogP contribution is 2.36. The van der Waals surface area contributed by atoms with Crippen molar-refractivity contribution in [2.24, 2.45) is 5.92 Å². The molecule has 1 aromatic heterocycles. The molecular formula is C25H29N3O4. The summed E-state index contributed by atoms with van der Waals surface area (Å²) >= 11 is 0. The van der Waals surface area contributed by atoms with Gasteiger partial charge in [-0.1, -0.05) is 6.07 Å². The zero-order valence-corrected chi connectivity index (χ0v) is 18.5. The number of aryl methyl sites for hydroxylation is 1. The summed E-state index contributed by atoms with van der Waals surface area (Å²) in [6.07, 6.45) is 2.61. The molecule has 1 aromatic carbocycles. The first-order valence-electron chi connectivity index (χ1n) is 11.5. The second-order valence-electron chi connectivity index (χ2n) is 8.83. The van der Waals surface area contributed by atoms with Crippen LogP contribution in [0.4, 0.5) is 5.69 Å². The molecule has 0 aliphatic carbocycles. The van der Waals surface area contributed by atoms with E-state index in [2.05, 4.69) is 33.7 Å². The first-order chi connectivity index (χ1) is 15.6. The summed E-state index contributed by atoms with van der Waals surface area (Å²) in [5.74, 6) is 0.771. The number of fused-ring (bicyclic) bond motifs is 3. The van der Waals surface area contributed by atoms with E-state index in [9.17, 15) is 4.79 Å². The van der Waals surface area contributed by atoms with Crippen LogP contribution < -0.4 is 15.1 Å². The molecule has 7 heteroatoms. The topological polar surface area (TPSA) is 76.7 Å². The van der Waals surface area contributed by atoms with Gasteiger partial charge in [0.2, 0.25) is 0 Å². The number of nitriles is 1. The third kappa shape index (κ3) is 4.01. The van der Waals surface area contributed by atoms with Gasteiger partial charge in [-0.15, -0.1) is 0 Å². The molecule has 32 heavy (non-hydrogen) atoms. The third-order valence-electron chi connectivity index (χ3n) is 6.81. The zero-order chi connectivity index (χ0) is 22.1. The van der Waals surface area contributed by atoms with Crippen LogP contribution in [0, 0.1) is 24.2 Å². The van der Waals surface area contributed by atoms with Gasteiger partial charge < -0.3 is 23.7 Å². The minimum atomic E-state index is -0.111. The SMILES string of the molecule is Cc1c2n(c(OC[C@@H]3COCCO3)cc1=O)CCc1cc(N3CCC(C#N)CC3)ccc1-2. The van der Waals surface area contributed by atoms with Gasteiger partial charge in [0.25, 0.3) is 0 Å². The number of piperidine rings is 1. The number of anilines is 1. The van der Waals surface area contributed by atoms with Gasteiger partial charge in [0.1, 0.15) is 12.7 Å². The Morgan fingerprint density at radius 1 is 1.19 bits per heavy atom. The molecule has 0 spiro atoms. The fourth-order valence-electron chi connectivity index (χ4n) is 4.94. The Morgan fingerprint density at radius 3 is 2.78 bits per heavy atom. The van der Waals surface area contributed by atoms with Crippen molar-refractivity contribution in [1.82, 2.24) is 4.57 Å². The molecule has 3 aliphatic heterocycles. The third-order valence-corrected chi connectivity index (χ3v) is 6.81. The normalized spacial score (nSPS) is 20.9. The van der Waals surface area contributed by atoms with Gasteiger partial charge in [-0.25, -0.2) is 0 Å². The van der Waals surface area contributed by atoms with Crippen molar-refractivity contribution in [2.45, 2.75) is 38.8 Å². The molecule has 2 fully saturated rings. The lowest BCUT2D eigenvalue weighted by Crippen LogP contribution is -2.34. The monoisotopic (exact) mass is 435 g/mol. The van der Waals surface area contributed by atoms with Crippen LogP contribution in [-0.2, 0) is 22.4 Å². The van der Waals surface area contributed by atoms with Crippen molar-refractivity contribution in [3.8, 4) is 23.2 Å². The number of aromatic nitrogens is 1. The van der Waals surface area contributed by atoms with Gasteiger partial charge in [-0.2, -0.15) is 5.26 Å². The molecule has 168 valence electrons. The Kier molecular flexibility index (Phi) is 5.90. The van der Waals surface area contributed by atoms with Crippen LogP contribution in [0.3, 0.4) is 0 Å². The molecular weight excluding hydrogens is 406 g/mol. The van der Waals surface area contributed by atoms with Crippen LogP contribution in [0.5, 0.6) is 5.88 Å². The molecule has 2 aromatic rings. The molecule has 2 saturated heterocycles. The second kappa shape index (κ2) is 8.97. The average molecular weight is 436 g/mol. The van der Waals surface area contributed by atoms with Crippen LogP contribution in [0.1, 0.15) is 24.0 Å². The largest absolute Gasteiger partial charge is 0.476 e. The van der Waals surface area contributed by atoms with Crippen molar-refractivity contribution in [3.05, 3.63) is 45.6 Å². The van der Waals surface area contributed by atoms with E-state index in [-0.39, 0.29) is 17.5 Å². The molecule has 3 aliphatic rings. The molecule has 0 bridgehead atoms. The summed E-state index contributed by atoms with van der Waals surface area (Å²) in [7, 11) is 0. The summed E-state index contributed by atoms with van der Waals surface area (Å²) in [6, 6.07) is 10.5. The van der Waals surface area contributed by atoms with E-state index in [1.165, 1.54) is 11.3 Å². The van der Waals surface area contributed by atoms with Crippen molar-refractivity contribution < 1.29 is 14.2 Å². The average Bonchev–Trinajstić information content (AvgIpc) is 2.85. The van der Waals surface area contributed by atoms with Crippen LogP contribution in [0.25, 0.3) is 11.3 Å². The summed E-state index contributed by atoms with van der Waals surface area (Å²) in [5.41, 5.74) is 5.25. The highest BCUT2D eigenvalue weighted by molar-refractivity contribution is 5.72. The molecule has 7 nitrogen and oxygen atoms in total. The molecule has 0 amide bonds. The fraction of sp³-hybridized carbons (Fsp3) is 0.520. The maximum atomic E-state index is 12.8. The van der Waals surface area contributed by atoms with Crippen LogP contribution in [0.2, 0.25) is 0 Å². The minimum absolute atomic E-state index is 0.0115. The number of rotatable bonds is 4. The summed E-state index contributed by atoms with van der Waals surface area (Å²) in [4.78, 5) is 15.1. The lowest BCUT2D eigenvalue weighted by atomic mass is 9.93. The van der Waals surface area contributed by atoms with Crippen molar-refractivity contribution in [3.63, 3.8) is 0 Å². The van der Waals surface area contributed by atoms with Gasteiger partial charge in [0, 0.05) is 48.4 Å². The summed E-state index contributed by atoms with van der Waals surface area (Å²) in [5, 5.41) is 9.16. The Labute approximate surface area is 188 Å². The van der Waals surface area contributed by atoms with Gasteiger partial charge in [-0.3, -0.25) is 4.79 Å². The van der Waals surface area contributed by atoms with Crippen molar-refractivity contribution >= 4 is 5.69 Å². The van der Waals surface area contributed by atoms with Crippen LogP contribution in [0.15, 0.2) is 29.1 Å². The van der Waals surface area contributed by atoms with Crippen molar-refractivity contribution in [1.29, 1.82) is 5.26 Å². The van der Waals surface area contributed by atoms with Crippen molar-refractivity contribution in [2.75, 3.05) is 44.4 Å². The van der Waals surface area contributed by atoms with E-state index < -0.39 is 0 Å². The number of hydrogen-bond acceptors (Lipinski definition) is 6. The zero-order valence-electron chi connectivity index (χ0n) is 18.5. The number of pyridine rings is 1. The molecule has 0 unspecified atom stereocenters. The minimum Gasteiger partial charge on any atom is -0.476 e. The van der Waals surface area contributed by atoms with E-state index in [0.29, 0.717) is 32.3 Å². The number of hydrogen-bond donors (Lipinski definition) is 0. The van der Waals surface area contributed by atoms with E-state index in [4.69, 9.17) is 19.5 Å². The van der Waals surface area contributed by atoms with E-state index >= 15 is 0 Å². The predicted octanol–water partition coefficient (Wildman–Crippen LogP) is 2.91. The maximum absolute atomic E-state index is 12.8. The van der Waals surface area contributed by atoms with Gasteiger partial charge in [-0.05, 0) is 43.9 Å². The fourth-order valence-corrected chi connectivity index (χ4v) is 4.94. The maximum Gasteiger partial charge on any atom is 0.197 e. The Morgan fingerprint density at radius 2 is 2.03 bits per heavy atom. The first kappa shape index (κ1) is 21.0. The summed E-state index contributed by atoms with van der Waals surface area (Å²) in [6.45, 7) is 6.56. The van der Waals surface area contributed by atoms with E-state index in [0.717, 1.165) is 55.7 Å². The summed E-state index contributed by atoms with van der Waals surface area (Å²) < 4.78 is 19.3. The quantitative estimate of drug-likeness (QED) is 0.735. The molecule has 1 atom stereocenters. The molecule has 4 heterocycles. The van der Waals surface area contributed by atoms with E-state index in [1.807, 2.05) is 6.92 Å². The highest BCUT2D eigenvalue weighted by atomic mass is 16.6. The lowest BCUT2D eigenvalue weighted by molar-refractivity contribution is -0.102.